The Morgan fingerprint density at radius 2 is 1.64 bits per heavy atom. The van der Waals surface area contributed by atoms with Crippen LogP contribution in [0.3, 0.4) is 0 Å². The molecule has 1 saturated heterocycles. The van der Waals surface area contributed by atoms with Crippen LogP contribution >= 0.6 is 11.8 Å². The fraction of sp³-hybridized carbons (Fsp3) is 0.135. The van der Waals surface area contributed by atoms with E-state index in [9.17, 15) is 5.11 Å². The van der Waals surface area contributed by atoms with Gasteiger partial charge in [-0.25, -0.2) is 4.48 Å². The van der Waals surface area contributed by atoms with Gasteiger partial charge in [-0.2, -0.15) is 0 Å². The zero-order valence-electron chi connectivity index (χ0n) is 22.9. The van der Waals surface area contributed by atoms with E-state index in [0.717, 1.165) is 27.8 Å². The third-order valence-corrected chi connectivity index (χ3v) is 11.3. The van der Waals surface area contributed by atoms with Gasteiger partial charge in [-0.1, -0.05) is 72.4 Å². The maximum Gasteiger partial charge on any atom is 0.161 e. The summed E-state index contributed by atoms with van der Waals surface area (Å²) < 4.78 is 0.767. The number of thioether (sulfide) groups is 1. The zero-order chi connectivity index (χ0) is 27.6. The van der Waals surface area contributed by atoms with Gasteiger partial charge in [0, 0.05) is 40.4 Å². The standard InChI is InChI=1S/C37H28N3OS/c41-36-27-22-26(19-18-24(27)23-38(36)25-10-2-1-3-11-25)39-30-14-6-4-12-28(30)37-29-13-5-7-16-32(29)42-33-17-9-21-40(35(33)37)20-8-15-31(39)34(37)40/h1-14,16-22,35-36,41H,15,23H2/q+1. The van der Waals surface area contributed by atoms with Crippen molar-refractivity contribution in [2.45, 2.75) is 35.5 Å². The summed E-state index contributed by atoms with van der Waals surface area (Å²) in [6.07, 6.45) is 12.0. The van der Waals surface area contributed by atoms with Crippen LogP contribution < -0.4 is 9.80 Å². The maximum atomic E-state index is 11.5. The fourth-order valence-electron chi connectivity index (χ4n) is 8.70. The molecule has 0 radical (unpaired) electrons. The predicted molar refractivity (Wildman–Crippen MR) is 168 cm³/mol. The van der Waals surface area contributed by atoms with Gasteiger partial charge in [0.2, 0.25) is 0 Å². The summed E-state index contributed by atoms with van der Waals surface area (Å²) in [6.45, 7) is 0.702. The van der Waals surface area contributed by atoms with Crippen LogP contribution in [0, 0.1) is 0 Å². The van der Waals surface area contributed by atoms with E-state index in [2.05, 4.69) is 119 Å². The minimum Gasteiger partial charge on any atom is -0.369 e. The van der Waals surface area contributed by atoms with Crippen molar-refractivity contribution < 1.29 is 9.59 Å². The molecule has 0 aliphatic carbocycles. The second kappa shape index (κ2) is 7.96. The average Bonchev–Trinajstić information content (AvgIpc) is 3.36. The number of anilines is 3. The Morgan fingerprint density at radius 1 is 0.833 bits per heavy atom. The Bertz CT molecular complexity index is 1980. The molecule has 10 rings (SSSR count). The molecule has 0 bridgehead atoms. The number of quaternary nitrogens is 1. The topological polar surface area (TPSA) is 26.7 Å². The Kier molecular flexibility index (Phi) is 4.41. The number of nitrogens with zero attached hydrogens (tertiary/aromatic N) is 3. The summed E-state index contributed by atoms with van der Waals surface area (Å²) >= 11 is 1.94. The lowest BCUT2D eigenvalue weighted by molar-refractivity contribution is -0.864. The van der Waals surface area contributed by atoms with Gasteiger partial charge < -0.3 is 14.9 Å². The third-order valence-electron chi connectivity index (χ3n) is 10.2. The summed E-state index contributed by atoms with van der Waals surface area (Å²) in [4.78, 5) is 7.37. The second-order valence-electron chi connectivity index (χ2n) is 12.0. The minimum atomic E-state index is -0.677. The van der Waals surface area contributed by atoms with Crippen LogP contribution in [0.1, 0.15) is 34.9 Å². The Labute approximate surface area is 249 Å². The zero-order valence-corrected chi connectivity index (χ0v) is 23.7. The van der Waals surface area contributed by atoms with E-state index < -0.39 is 6.23 Å². The molecule has 1 fully saturated rings. The van der Waals surface area contributed by atoms with Crippen molar-refractivity contribution in [1.29, 1.82) is 0 Å². The van der Waals surface area contributed by atoms with E-state index >= 15 is 0 Å². The summed E-state index contributed by atoms with van der Waals surface area (Å²) in [5, 5.41) is 11.5. The van der Waals surface area contributed by atoms with Crippen molar-refractivity contribution in [2.75, 3.05) is 9.80 Å². The van der Waals surface area contributed by atoms with Crippen molar-refractivity contribution in [3.05, 3.63) is 166 Å². The number of para-hydroxylation sites is 2. The van der Waals surface area contributed by atoms with Gasteiger partial charge in [-0.15, -0.1) is 0 Å². The molecule has 4 unspecified atom stereocenters. The summed E-state index contributed by atoms with van der Waals surface area (Å²) in [7, 11) is 0. The van der Waals surface area contributed by atoms with Crippen molar-refractivity contribution in [2.24, 2.45) is 0 Å². The van der Waals surface area contributed by atoms with E-state index in [4.69, 9.17) is 0 Å². The van der Waals surface area contributed by atoms with E-state index in [1.54, 1.807) is 0 Å². The molecule has 202 valence electrons. The summed E-state index contributed by atoms with van der Waals surface area (Å²) in [5.41, 5.74) is 11.0. The summed E-state index contributed by atoms with van der Waals surface area (Å²) in [5.74, 6) is 0. The predicted octanol–water partition coefficient (Wildman–Crippen LogP) is 7.98. The molecule has 4 aromatic rings. The van der Waals surface area contributed by atoms with Crippen molar-refractivity contribution in [3.8, 4) is 0 Å². The van der Waals surface area contributed by atoms with Crippen LogP contribution in [-0.2, 0) is 12.0 Å². The van der Waals surface area contributed by atoms with Crippen LogP contribution in [0.15, 0.2) is 149 Å². The number of aliphatic hydroxyl groups is 1. The lowest BCUT2D eigenvalue weighted by atomic mass is 9.54. The molecule has 4 aromatic carbocycles. The Balaban J connectivity index is 1.20. The van der Waals surface area contributed by atoms with E-state index in [1.807, 2.05) is 30.0 Å². The van der Waals surface area contributed by atoms with Crippen LogP contribution in [0.25, 0.3) is 0 Å². The van der Waals surface area contributed by atoms with E-state index in [-0.39, 0.29) is 5.41 Å². The molecular formula is C37H28N3OS+. The van der Waals surface area contributed by atoms with Crippen LogP contribution in [0.2, 0.25) is 0 Å². The molecule has 1 N–H and O–H groups in total. The molecule has 4 atom stereocenters. The van der Waals surface area contributed by atoms with Gasteiger partial charge in [0.15, 0.2) is 23.4 Å². The Hall–Kier alpha value is -4.29. The highest BCUT2D eigenvalue weighted by Gasteiger charge is 2.77. The molecule has 6 aliphatic heterocycles. The number of hydrogen-bond donors (Lipinski definition) is 1. The molecule has 6 aliphatic rings. The normalized spacial score (nSPS) is 28.7. The molecule has 0 amide bonds. The van der Waals surface area contributed by atoms with Gasteiger partial charge in [0.05, 0.1) is 16.3 Å². The first-order valence-corrected chi connectivity index (χ1v) is 15.5. The number of allylic oxidation sites excluding steroid dienone is 3. The van der Waals surface area contributed by atoms with Crippen molar-refractivity contribution >= 4 is 28.8 Å². The van der Waals surface area contributed by atoms with E-state index in [1.165, 1.54) is 43.6 Å². The molecule has 0 saturated carbocycles. The maximum absolute atomic E-state index is 11.5. The lowest BCUT2D eigenvalue weighted by Gasteiger charge is -2.67. The van der Waals surface area contributed by atoms with Crippen LogP contribution in [-0.4, -0.2) is 15.6 Å². The van der Waals surface area contributed by atoms with Crippen LogP contribution in [0.4, 0.5) is 17.1 Å². The molecule has 6 heterocycles. The number of rotatable bonds is 2. The number of benzene rings is 4. The molecule has 4 nitrogen and oxygen atoms in total. The Morgan fingerprint density at radius 3 is 2.55 bits per heavy atom. The fourth-order valence-corrected chi connectivity index (χ4v) is 10.0. The molecule has 2 spiro atoms. The molecule has 42 heavy (non-hydrogen) atoms. The minimum absolute atomic E-state index is 0.202. The highest BCUT2D eigenvalue weighted by atomic mass is 32.2. The lowest BCUT2D eigenvalue weighted by Crippen LogP contribution is -2.76. The van der Waals surface area contributed by atoms with E-state index in [0.29, 0.717) is 12.6 Å². The molecule has 0 aromatic heterocycles. The summed E-state index contributed by atoms with van der Waals surface area (Å²) in [6, 6.07) is 35.3. The van der Waals surface area contributed by atoms with Gasteiger partial charge in [-0.05, 0) is 65.8 Å². The molecule has 5 heteroatoms. The third kappa shape index (κ3) is 2.60. The number of aliphatic hydroxyl groups excluding tert-OH is 1. The van der Waals surface area contributed by atoms with Crippen molar-refractivity contribution in [1.82, 2.24) is 0 Å². The number of hydrogen-bond acceptors (Lipinski definition) is 4. The highest BCUT2D eigenvalue weighted by Crippen LogP contribution is 2.73. The smallest absolute Gasteiger partial charge is 0.161 e. The first-order chi connectivity index (χ1) is 20.7. The number of fused-ring (bicyclic) bond motifs is 3. The van der Waals surface area contributed by atoms with Crippen LogP contribution in [0.5, 0.6) is 0 Å². The quantitative estimate of drug-likeness (QED) is 0.251. The largest absolute Gasteiger partial charge is 0.369 e. The van der Waals surface area contributed by atoms with Gasteiger partial charge >= 0.3 is 0 Å². The van der Waals surface area contributed by atoms with Gasteiger partial charge in [0.1, 0.15) is 12.4 Å². The first kappa shape index (κ1) is 23.3. The van der Waals surface area contributed by atoms with Crippen molar-refractivity contribution in [3.63, 3.8) is 0 Å². The highest BCUT2D eigenvalue weighted by molar-refractivity contribution is 8.03. The first-order valence-electron chi connectivity index (χ1n) is 14.7. The second-order valence-corrected chi connectivity index (χ2v) is 13.1. The average molecular weight is 563 g/mol. The SMILES string of the molecule is OC1c2cc(N3C4=C5C6(c7ccccc7SC7=CC=C[N+]5(C=CC4)C76)c4ccccc43)ccc2CN1c1ccccc1. The molecular weight excluding hydrogens is 534 g/mol. The van der Waals surface area contributed by atoms with Gasteiger partial charge in [-0.3, -0.25) is 0 Å². The van der Waals surface area contributed by atoms with Gasteiger partial charge in [0.25, 0.3) is 0 Å². The monoisotopic (exact) mass is 562 g/mol.